The van der Waals surface area contributed by atoms with E-state index >= 15 is 0 Å². The maximum Gasteiger partial charge on any atom is 0.294 e. The van der Waals surface area contributed by atoms with Crippen molar-refractivity contribution in [3.8, 4) is 0 Å². The Morgan fingerprint density at radius 1 is 1.08 bits per heavy atom. The van der Waals surface area contributed by atoms with E-state index in [1.54, 1.807) is 17.8 Å². The smallest absolute Gasteiger partial charge is 0.294 e. The molecule has 0 amide bonds. The van der Waals surface area contributed by atoms with E-state index in [-0.39, 0.29) is 4.90 Å². The van der Waals surface area contributed by atoms with Crippen LogP contribution < -0.4 is 0 Å². The summed E-state index contributed by atoms with van der Waals surface area (Å²) in [6.45, 7) is 8.46. The quantitative estimate of drug-likeness (QED) is 0.642. The van der Waals surface area contributed by atoms with E-state index in [4.69, 9.17) is 4.55 Å². The Morgan fingerprint density at radius 2 is 1.67 bits per heavy atom. The first-order chi connectivity index (χ1) is 11.5. The van der Waals surface area contributed by atoms with Gasteiger partial charge in [0.1, 0.15) is 7.28 Å². The summed E-state index contributed by atoms with van der Waals surface area (Å²) < 4.78 is 29.6. The SMILES string of the molecule is CC.Cc1ccc(S(=O)(=O)O)cc1.[B]1CC=C(N2CCCC2)CC1. The van der Waals surface area contributed by atoms with Gasteiger partial charge in [-0.3, -0.25) is 4.55 Å². The van der Waals surface area contributed by atoms with Gasteiger partial charge in [0.15, 0.2) is 0 Å². The molecule has 0 atom stereocenters. The summed E-state index contributed by atoms with van der Waals surface area (Å²) in [5, 5.41) is 0. The van der Waals surface area contributed by atoms with Gasteiger partial charge in [-0.15, -0.1) is 0 Å². The zero-order chi connectivity index (χ0) is 18.0. The summed E-state index contributed by atoms with van der Waals surface area (Å²) in [6, 6.07) is 5.99. The van der Waals surface area contributed by atoms with E-state index < -0.39 is 10.1 Å². The number of aryl methyl sites for hydroxylation is 1. The summed E-state index contributed by atoms with van der Waals surface area (Å²) in [6.07, 6.45) is 8.99. The summed E-state index contributed by atoms with van der Waals surface area (Å²) in [4.78, 5) is 2.50. The fraction of sp³-hybridized carbons (Fsp3) is 0.556. The van der Waals surface area contributed by atoms with Crippen molar-refractivity contribution in [2.75, 3.05) is 13.1 Å². The van der Waals surface area contributed by atoms with Gasteiger partial charge in [-0.05, 0) is 38.3 Å². The molecular formula is C18H29BNO3S. The third kappa shape index (κ3) is 7.10. The van der Waals surface area contributed by atoms with E-state index in [9.17, 15) is 8.42 Å². The molecule has 1 aromatic carbocycles. The zero-order valence-corrected chi connectivity index (χ0v) is 15.8. The average Bonchev–Trinajstić information content (AvgIpc) is 3.12. The predicted octanol–water partition coefficient (Wildman–Crippen LogP) is 4.18. The van der Waals surface area contributed by atoms with E-state index in [1.165, 1.54) is 57.1 Å². The Balaban J connectivity index is 0.000000218. The number of benzene rings is 1. The molecule has 1 saturated heterocycles. The lowest BCUT2D eigenvalue weighted by molar-refractivity contribution is 0.411. The van der Waals surface area contributed by atoms with Gasteiger partial charge in [0.2, 0.25) is 0 Å². The van der Waals surface area contributed by atoms with Gasteiger partial charge in [0, 0.05) is 18.8 Å². The fourth-order valence-corrected chi connectivity index (χ4v) is 3.17. The number of likely N-dealkylation sites (tertiary alicyclic amines) is 1. The molecule has 133 valence electrons. The third-order valence-corrected chi connectivity index (χ3v) is 4.82. The molecule has 0 aliphatic carbocycles. The molecule has 24 heavy (non-hydrogen) atoms. The average molecular weight is 350 g/mol. The van der Waals surface area contributed by atoms with Crippen molar-refractivity contribution in [2.45, 2.75) is 57.6 Å². The molecule has 2 aliphatic heterocycles. The summed E-state index contributed by atoms with van der Waals surface area (Å²) in [7, 11) is -1.65. The van der Waals surface area contributed by atoms with Crippen LogP contribution in [0.5, 0.6) is 0 Å². The van der Waals surface area contributed by atoms with Crippen molar-refractivity contribution in [3.63, 3.8) is 0 Å². The van der Waals surface area contributed by atoms with Gasteiger partial charge in [-0.2, -0.15) is 8.42 Å². The minimum Gasteiger partial charge on any atom is -0.375 e. The van der Waals surface area contributed by atoms with Crippen molar-refractivity contribution in [3.05, 3.63) is 41.6 Å². The number of rotatable bonds is 2. The van der Waals surface area contributed by atoms with Gasteiger partial charge in [0.05, 0.1) is 4.90 Å². The lowest BCUT2D eigenvalue weighted by Crippen LogP contribution is -2.20. The van der Waals surface area contributed by atoms with E-state index in [1.807, 2.05) is 20.8 Å². The molecular weight excluding hydrogens is 321 g/mol. The van der Waals surface area contributed by atoms with Crippen molar-refractivity contribution in [1.29, 1.82) is 0 Å². The maximum absolute atomic E-state index is 10.5. The first kappa shape index (κ1) is 20.8. The van der Waals surface area contributed by atoms with Crippen molar-refractivity contribution in [1.82, 2.24) is 4.90 Å². The standard InChI is InChI=1S/C9H15BN.C7H8O3S.C2H6/c1-2-8-11(7-1)9-3-5-10-6-4-9;1-6-2-4-7(5-3-6)11(8,9)10;1-2/h3H,1-2,4-8H2;2-5H,1H3,(H,8,9,10);1-2H3. The van der Waals surface area contributed by atoms with Gasteiger partial charge in [-0.1, -0.05) is 50.3 Å². The van der Waals surface area contributed by atoms with E-state index in [0.717, 1.165) is 5.56 Å². The highest BCUT2D eigenvalue weighted by atomic mass is 32.2. The van der Waals surface area contributed by atoms with Crippen LogP contribution in [0.1, 0.15) is 38.7 Å². The molecule has 0 spiro atoms. The minimum atomic E-state index is -4.02. The second kappa shape index (κ2) is 10.6. The molecule has 4 nitrogen and oxygen atoms in total. The number of nitrogens with zero attached hydrogens (tertiary/aromatic N) is 1. The lowest BCUT2D eigenvalue weighted by Gasteiger charge is -2.23. The van der Waals surface area contributed by atoms with Crippen LogP contribution in [0, 0.1) is 6.92 Å². The number of allylic oxidation sites excluding steroid dienone is 2. The van der Waals surface area contributed by atoms with Crippen LogP contribution in [0.4, 0.5) is 0 Å². The molecule has 1 aromatic rings. The van der Waals surface area contributed by atoms with Crippen LogP contribution in [0.25, 0.3) is 0 Å². The van der Waals surface area contributed by atoms with Crippen molar-refractivity contribution < 1.29 is 13.0 Å². The third-order valence-electron chi connectivity index (χ3n) is 3.96. The first-order valence-corrected chi connectivity index (χ1v) is 10.2. The molecule has 0 unspecified atom stereocenters. The van der Waals surface area contributed by atoms with Crippen molar-refractivity contribution in [2.24, 2.45) is 0 Å². The topological polar surface area (TPSA) is 57.6 Å². The zero-order valence-electron chi connectivity index (χ0n) is 15.0. The molecule has 1 radical (unpaired) electrons. The Hall–Kier alpha value is -1.27. The Labute approximate surface area is 147 Å². The van der Waals surface area contributed by atoms with Crippen LogP contribution >= 0.6 is 0 Å². The number of hydrogen-bond donors (Lipinski definition) is 1. The van der Waals surface area contributed by atoms with Gasteiger partial charge in [0.25, 0.3) is 10.1 Å². The molecule has 2 heterocycles. The second-order valence-electron chi connectivity index (χ2n) is 5.74. The highest BCUT2D eigenvalue weighted by Crippen LogP contribution is 2.22. The summed E-state index contributed by atoms with van der Waals surface area (Å²) in [5.41, 5.74) is 2.57. The van der Waals surface area contributed by atoms with Crippen LogP contribution in [0.3, 0.4) is 0 Å². The minimum absolute atomic E-state index is 0.0666. The molecule has 6 heteroatoms. The monoisotopic (exact) mass is 350 g/mol. The fourth-order valence-electron chi connectivity index (χ4n) is 2.69. The van der Waals surface area contributed by atoms with Gasteiger partial charge < -0.3 is 4.90 Å². The molecule has 0 saturated carbocycles. The van der Waals surface area contributed by atoms with Gasteiger partial charge >= 0.3 is 0 Å². The lowest BCUT2D eigenvalue weighted by atomic mass is 9.66. The molecule has 0 aromatic heterocycles. The predicted molar refractivity (Wildman–Crippen MR) is 101 cm³/mol. The van der Waals surface area contributed by atoms with E-state index in [0.29, 0.717) is 0 Å². The normalized spacial score (nSPS) is 16.8. The molecule has 1 N–H and O–H groups in total. The van der Waals surface area contributed by atoms with Crippen LogP contribution in [-0.4, -0.2) is 38.2 Å². The van der Waals surface area contributed by atoms with Crippen LogP contribution in [0.15, 0.2) is 40.9 Å². The Morgan fingerprint density at radius 3 is 2.12 bits per heavy atom. The summed E-state index contributed by atoms with van der Waals surface area (Å²) in [5.74, 6) is 0. The van der Waals surface area contributed by atoms with Crippen LogP contribution in [-0.2, 0) is 10.1 Å². The highest BCUT2D eigenvalue weighted by molar-refractivity contribution is 7.85. The largest absolute Gasteiger partial charge is 0.375 e. The molecule has 0 bridgehead atoms. The van der Waals surface area contributed by atoms with E-state index in [2.05, 4.69) is 18.3 Å². The second-order valence-corrected chi connectivity index (χ2v) is 7.16. The van der Waals surface area contributed by atoms with Gasteiger partial charge in [-0.25, -0.2) is 0 Å². The number of hydrogen-bond acceptors (Lipinski definition) is 3. The molecule has 1 fully saturated rings. The maximum atomic E-state index is 10.5. The highest BCUT2D eigenvalue weighted by Gasteiger charge is 2.15. The first-order valence-electron chi connectivity index (χ1n) is 8.76. The molecule has 2 aliphatic rings. The summed E-state index contributed by atoms with van der Waals surface area (Å²) >= 11 is 0. The van der Waals surface area contributed by atoms with Crippen LogP contribution in [0.2, 0.25) is 12.6 Å². The molecule has 3 rings (SSSR count). The Kier molecular flexibility index (Phi) is 9.15. The van der Waals surface area contributed by atoms with Crippen molar-refractivity contribution >= 4 is 17.4 Å². The Bertz CT molecular complexity index is 606.